The molecule has 112 valence electrons. The van der Waals surface area contributed by atoms with Gasteiger partial charge in [-0.25, -0.2) is 0 Å². The number of hydrogen-bond donors (Lipinski definition) is 1. The second-order valence-electron chi connectivity index (χ2n) is 4.51. The van der Waals surface area contributed by atoms with Gasteiger partial charge in [0.2, 0.25) is 5.91 Å². The van der Waals surface area contributed by atoms with Crippen LogP contribution in [0.1, 0.15) is 24.5 Å². The van der Waals surface area contributed by atoms with Crippen LogP contribution in [-0.4, -0.2) is 39.9 Å². The minimum Gasteiger partial charge on any atom is -0.481 e. The van der Waals surface area contributed by atoms with Crippen LogP contribution in [-0.2, 0) is 16.1 Å². The number of amides is 1. The molecule has 0 saturated carbocycles. The highest BCUT2D eigenvalue weighted by molar-refractivity contribution is 8.00. The summed E-state index contributed by atoms with van der Waals surface area (Å²) in [5, 5.41) is 17.3. The number of carboxylic acids is 1. The van der Waals surface area contributed by atoms with Crippen molar-refractivity contribution in [3.05, 3.63) is 35.4 Å². The fraction of sp³-hybridized carbons (Fsp3) is 0.400. The summed E-state index contributed by atoms with van der Waals surface area (Å²) in [7, 11) is 0. The van der Waals surface area contributed by atoms with Gasteiger partial charge in [-0.3, -0.25) is 9.59 Å². The predicted octanol–water partition coefficient (Wildman–Crippen LogP) is 2.11. The van der Waals surface area contributed by atoms with Crippen LogP contribution in [0.4, 0.5) is 0 Å². The van der Waals surface area contributed by atoms with Gasteiger partial charge in [0.15, 0.2) is 0 Å². The quantitative estimate of drug-likeness (QED) is 0.795. The van der Waals surface area contributed by atoms with Gasteiger partial charge in [0.05, 0.1) is 23.1 Å². The number of nitriles is 1. The van der Waals surface area contributed by atoms with Crippen molar-refractivity contribution in [3.63, 3.8) is 0 Å². The molecule has 0 aliphatic carbocycles. The van der Waals surface area contributed by atoms with E-state index in [9.17, 15) is 9.59 Å². The first kappa shape index (κ1) is 17.1. The van der Waals surface area contributed by atoms with Crippen molar-refractivity contribution in [2.24, 2.45) is 0 Å². The molecular weight excluding hydrogens is 288 g/mol. The van der Waals surface area contributed by atoms with E-state index < -0.39 is 5.97 Å². The molecule has 0 bridgehead atoms. The van der Waals surface area contributed by atoms with Crippen LogP contribution in [0.2, 0.25) is 0 Å². The van der Waals surface area contributed by atoms with E-state index in [2.05, 4.69) is 6.07 Å². The molecule has 0 fully saturated rings. The minimum absolute atomic E-state index is 0.0625. The number of thioether (sulfide) groups is 1. The van der Waals surface area contributed by atoms with Crippen molar-refractivity contribution in [1.29, 1.82) is 5.26 Å². The lowest BCUT2D eigenvalue weighted by Crippen LogP contribution is -2.32. The summed E-state index contributed by atoms with van der Waals surface area (Å²) in [4.78, 5) is 24.3. The Kier molecular flexibility index (Phi) is 7.33. The van der Waals surface area contributed by atoms with Crippen molar-refractivity contribution >= 4 is 23.6 Å². The number of carbonyl (C=O) groups is 2. The molecule has 6 heteroatoms. The average Bonchev–Trinajstić information content (AvgIpc) is 2.47. The highest BCUT2D eigenvalue weighted by Gasteiger charge is 2.14. The molecule has 0 saturated heterocycles. The first-order chi connectivity index (χ1) is 10.1. The Morgan fingerprint density at radius 2 is 1.95 bits per heavy atom. The van der Waals surface area contributed by atoms with Crippen molar-refractivity contribution in [3.8, 4) is 6.07 Å². The second-order valence-corrected chi connectivity index (χ2v) is 5.50. The molecule has 1 N–H and O–H groups in total. The van der Waals surface area contributed by atoms with Crippen LogP contribution in [0, 0.1) is 11.3 Å². The lowest BCUT2D eigenvalue weighted by Gasteiger charge is -2.22. The van der Waals surface area contributed by atoms with Crippen LogP contribution in [0.5, 0.6) is 0 Å². The molecule has 0 unspecified atom stereocenters. The van der Waals surface area contributed by atoms with Gasteiger partial charge >= 0.3 is 5.97 Å². The van der Waals surface area contributed by atoms with Gasteiger partial charge in [0, 0.05) is 13.1 Å². The summed E-state index contributed by atoms with van der Waals surface area (Å²) >= 11 is 1.11. The number of carbonyl (C=O) groups excluding carboxylic acids is 1. The summed E-state index contributed by atoms with van der Waals surface area (Å²) in [6.45, 7) is 3.10. The number of hydrogen-bond acceptors (Lipinski definition) is 4. The molecule has 1 aromatic carbocycles. The zero-order chi connectivity index (χ0) is 15.7. The molecule has 21 heavy (non-hydrogen) atoms. The topological polar surface area (TPSA) is 81.4 Å². The van der Waals surface area contributed by atoms with E-state index in [4.69, 9.17) is 10.4 Å². The Bertz CT molecular complexity index is 523. The molecule has 1 rings (SSSR count). The molecule has 1 amide bonds. The number of carboxylic acid groups (broad SMARTS) is 1. The maximum atomic E-state index is 12.1. The number of benzene rings is 1. The van der Waals surface area contributed by atoms with E-state index in [1.165, 1.54) is 0 Å². The molecule has 0 atom stereocenters. The van der Waals surface area contributed by atoms with Gasteiger partial charge in [-0.05, 0) is 24.1 Å². The lowest BCUT2D eigenvalue weighted by molar-refractivity contribution is -0.133. The first-order valence-electron chi connectivity index (χ1n) is 6.63. The summed E-state index contributed by atoms with van der Waals surface area (Å²) < 4.78 is 0. The molecule has 0 spiro atoms. The Hall–Kier alpha value is -2.00. The molecule has 0 aromatic heterocycles. The molecule has 0 radical (unpaired) electrons. The van der Waals surface area contributed by atoms with Gasteiger partial charge in [-0.2, -0.15) is 5.26 Å². The van der Waals surface area contributed by atoms with Crippen molar-refractivity contribution in [1.82, 2.24) is 4.90 Å². The van der Waals surface area contributed by atoms with Crippen LogP contribution < -0.4 is 0 Å². The van der Waals surface area contributed by atoms with Gasteiger partial charge in [0.25, 0.3) is 0 Å². The normalized spacial score (nSPS) is 9.90. The fourth-order valence-electron chi connectivity index (χ4n) is 1.78. The highest BCUT2D eigenvalue weighted by atomic mass is 32.2. The molecule has 5 nitrogen and oxygen atoms in total. The third-order valence-electron chi connectivity index (χ3n) is 2.75. The molecule has 0 heterocycles. The van der Waals surface area contributed by atoms with Gasteiger partial charge in [-0.1, -0.05) is 19.1 Å². The maximum absolute atomic E-state index is 12.1. The average molecular weight is 306 g/mol. The Morgan fingerprint density at radius 3 is 2.48 bits per heavy atom. The van der Waals surface area contributed by atoms with Crippen LogP contribution in [0.3, 0.4) is 0 Å². The summed E-state index contributed by atoms with van der Waals surface area (Å²) in [5.74, 6) is -0.875. The summed E-state index contributed by atoms with van der Waals surface area (Å²) in [6, 6.07) is 9.17. The smallest absolute Gasteiger partial charge is 0.313 e. The van der Waals surface area contributed by atoms with Crippen molar-refractivity contribution < 1.29 is 14.7 Å². The summed E-state index contributed by atoms with van der Waals surface area (Å²) in [6.07, 6.45) is 0.839. The van der Waals surface area contributed by atoms with Crippen LogP contribution in [0.25, 0.3) is 0 Å². The molecule has 0 aliphatic rings. The van der Waals surface area contributed by atoms with E-state index in [1.54, 1.807) is 17.0 Å². The van der Waals surface area contributed by atoms with E-state index in [-0.39, 0.29) is 17.4 Å². The Morgan fingerprint density at radius 1 is 1.29 bits per heavy atom. The van der Waals surface area contributed by atoms with Gasteiger partial charge in [0.1, 0.15) is 0 Å². The predicted molar refractivity (Wildman–Crippen MR) is 81.8 cm³/mol. The van der Waals surface area contributed by atoms with Crippen molar-refractivity contribution in [2.45, 2.75) is 19.9 Å². The first-order valence-corrected chi connectivity index (χ1v) is 7.78. The van der Waals surface area contributed by atoms with E-state index in [0.29, 0.717) is 18.7 Å². The molecule has 0 aliphatic heterocycles. The van der Waals surface area contributed by atoms with Crippen LogP contribution in [0.15, 0.2) is 24.3 Å². The Labute approximate surface area is 128 Å². The zero-order valence-electron chi connectivity index (χ0n) is 11.9. The maximum Gasteiger partial charge on any atom is 0.313 e. The monoisotopic (exact) mass is 306 g/mol. The van der Waals surface area contributed by atoms with Crippen molar-refractivity contribution in [2.75, 3.05) is 18.1 Å². The third-order valence-corrected chi connectivity index (χ3v) is 3.66. The fourth-order valence-corrected chi connectivity index (χ4v) is 2.42. The van der Waals surface area contributed by atoms with E-state index in [0.717, 1.165) is 23.7 Å². The lowest BCUT2D eigenvalue weighted by atomic mass is 10.1. The second kappa shape index (κ2) is 9.03. The molecular formula is C15H18N2O3S. The number of rotatable bonds is 8. The SMILES string of the molecule is CCCN(Cc1ccc(C#N)cc1)C(=O)CSCC(=O)O. The standard InChI is InChI=1S/C15H18N2O3S/c1-2-7-17(14(18)10-21-11-15(19)20)9-13-5-3-12(8-16)4-6-13/h3-6H,2,7,9-11H2,1H3,(H,19,20). The van der Waals surface area contributed by atoms with E-state index >= 15 is 0 Å². The summed E-state index contributed by atoms with van der Waals surface area (Å²) in [5.41, 5.74) is 1.54. The zero-order valence-corrected chi connectivity index (χ0v) is 12.7. The third kappa shape index (κ3) is 6.32. The Balaban J connectivity index is 2.61. The minimum atomic E-state index is -0.915. The van der Waals surface area contributed by atoms with Gasteiger partial charge < -0.3 is 10.0 Å². The largest absolute Gasteiger partial charge is 0.481 e. The molecule has 1 aromatic rings. The van der Waals surface area contributed by atoms with Gasteiger partial charge in [-0.15, -0.1) is 11.8 Å². The highest BCUT2D eigenvalue weighted by Crippen LogP contribution is 2.10. The van der Waals surface area contributed by atoms with E-state index in [1.807, 2.05) is 19.1 Å². The number of aliphatic carboxylic acids is 1. The van der Waals surface area contributed by atoms with Crippen LogP contribution >= 0.6 is 11.8 Å². The number of nitrogens with zero attached hydrogens (tertiary/aromatic N) is 2.